The average molecular weight is 248 g/mol. The first-order chi connectivity index (χ1) is 8.83. The van der Waals surface area contributed by atoms with Crippen molar-refractivity contribution >= 4 is 5.78 Å². The maximum Gasteiger partial charge on any atom is 0.149 e. The molecular weight excluding hydrogens is 228 g/mol. The summed E-state index contributed by atoms with van der Waals surface area (Å²) in [5.74, 6) is 1.74. The second kappa shape index (κ2) is 5.18. The van der Waals surface area contributed by atoms with Gasteiger partial charge in [-0.25, -0.2) is 0 Å². The van der Waals surface area contributed by atoms with Gasteiger partial charge >= 0.3 is 0 Å². The summed E-state index contributed by atoms with van der Waals surface area (Å²) in [7, 11) is 0. The van der Waals surface area contributed by atoms with Crippen LogP contribution in [-0.2, 0) is 17.9 Å². The Morgan fingerprint density at radius 3 is 2.94 bits per heavy atom. The lowest BCUT2D eigenvalue weighted by Gasteiger charge is -2.28. The predicted molar refractivity (Wildman–Crippen MR) is 66.9 cm³/mol. The van der Waals surface area contributed by atoms with Gasteiger partial charge in [-0.3, -0.25) is 9.69 Å². The fraction of sp³-hybridized carbons (Fsp3) is 0.769. The molecule has 98 valence electrons. The van der Waals surface area contributed by atoms with Crippen molar-refractivity contribution in [3.05, 3.63) is 12.2 Å². The van der Waals surface area contributed by atoms with Crippen LogP contribution in [0, 0.1) is 5.92 Å². The van der Waals surface area contributed by atoms with Crippen LogP contribution in [0.1, 0.15) is 37.9 Å². The van der Waals surface area contributed by atoms with Gasteiger partial charge in [0.25, 0.3) is 0 Å². The lowest BCUT2D eigenvalue weighted by Crippen LogP contribution is -2.39. The highest BCUT2D eigenvalue weighted by atomic mass is 16.1. The van der Waals surface area contributed by atoms with E-state index < -0.39 is 0 Å². The fourth-order valence-electron chi connectivity index (χ4n) is 3.03. The molecule has 2 heterocycles. The highest BCUT2D eigenvalue weighted by Crippen LogP contribution is 2.25. The van der Waals surface area contributed by atoms with Crippen LogP contribution in [0.15, 0.2) is 6.33 Å². The number of rotatable bonds is 3. The Morgan fingerprint density at radius 1 is 1.28 bits per heavy atom. The van der Waals surface area contributed by atoms with Gasteiger partial charge in [0.15, 0.2) is 0 Å². The largest absolute Gasteiger partial charge is 0.315 e. The highest BCUT2D eigenvalue weighted by molar-refractivity contribution is 5.83. The van der Waals surface area contributed by atoms with Gasteiger partial charge in [0.2, 0.25) is 0 Å². The van der Waals surface area contributed by atoms with E-state index in [2.05, 4.69) is 19.7 Å². The predicted octanol–water partition coefficient (Wildman–Crippen LogP) is 1.24. The van der Waals surface area contributed by atoms with Gasteiger partial charge in [0, 0.05) is 19.0 Å². The van der Waals surface area contributed by atoms with Crippen molar-refractivity contribution in [3.63, 3.8) is 0 Å². The zero-order valence-electron chi connectivity index (χ0n) is 10.7. The molecule has 0 radical (unpaired) electrons. The van der Waals surface area contributed by atoms with E-state index in [0.29, 0.717) is 18.2 Å². The number of carbonyl (C=O) groups excluding carboxylic acids is 1. The van der Waals surface area contributed by atoms with Crippen LogP contribution in [0.4, 0.5) is 0 Å². The van der Waals surface area contributed by atoms with E-state index in [1.165, 1.54) is 19.3 Å². The standard InChI is InChI=1S/C13H20N4O/c18-12(11-4-2-1-3-5-11)8-16-6-7-17-10-14-15-13(17)9-16/h10-11H,1-9H2. The minimum atomic E-state index is 0.318. The average Bonchev–Trinajstić information content (AvgIpc) is 2.87. The van der Waals surface area contributed by atoms with Gasteiger partial charge in [-0.05, 0) is 12.8 Å². The summed E-state index contributed by atoms with van der Waals surface area (Å²) in [6.45, 7) is 3.19. The minimum absolute atomic E-state index is 0.318. The lowest BCUT2D eigenvalue weighted by molar-refractivity contribution is -0.125. The molecule has 0 aromatic carbocycles. The van der Waals surface area contributed by atoms with Crippen molar-refractivity contribution in [1.82, 2.24) is 19.7 Å². The Morgan fingerprint density at radius 2 is 2.11 bits per heavy atom. The molecule has 0 saturated heterocycles. The number of ketones is 1. The highest BCUT2D eigenvalue weighted by Gasteiger charge is 2.25. The smallest absolute Gasteiger partial charge is 0.149 e. The molecule has 5 nitrogen and oxygen atoms in total. The maximum absolute atomic E-state index is 12.2. The third-order valence-electron chi connectivity index (χ3n) is 4.16. The van der Waals surface area contributed by atoms with Crippen molar-refractivity contribution < 1.29 is 4.79 Å². The van der Waals surface area contributed by atoms with Gasteiger partial charge < -0.3 is 4.57 Å². The summed E-state index contributed by atoms with van der Waals surface area (Å²) >= 11 is 0. The third-order valence-corrected chi connectivity index (χ3v) is 4.16. The van der Waals surface area contributed by atoms with Crippen molar-refractivity contribution in [2.24, 2.45) is 5.92 Å². The van der Waals surface area contributed by atoms with Crippen molar-refractivity contribution in [2.75, 3.05) is 13.1 Å². The second-order valence-corrected chi connectivity index (χ2v) is 5.45. The third kappa shape index (κ3) is 2.46. The fourth-order valence-corrected chi connectivity index (χ4v) is 3.03. The van der Waals surface area contributed by atoms with Crippen molar-refractivity contribution in [1.29, 1.82) is 0 Å². The molecule has 5 heteroatoms. The van der Waals surface area contributed by atoms with Crippen LogP contribution in [0.3, 0.4) is 0 Å². The van der Waals surface area contributed by atoms with E-state index in [-0.39, 0.29) is 0 Å². The maximum atomic E-state index is 12.2. The Bertz CT molecular complexity index is 422. The minimum Gasteiger partial charge on any atom is -0.315 e. The lowest BCUT2D eigenvalue weighted by atomic mass is 9.86. The Hall–Kier alpha value is -1.23. The number of hydrogen-bond donors (Lipinski definition) is 0. The molecule has 1 fully saturated rings. The summed E-state index contributed by atoms with van der Waals surface area (Å²) in [4.78, 5) is 14.4. The second-order valence-electron chi connectivity index (χ2n) is 5.45. The van der Waals surface area contributed by atoms with E-state index in [1.54, 1.807) is 6.33 Å². The van der Waals surface area contributed by atoms with Gasteiger partial charge in [0.1, 0.15) is 17.9 Å². The molecule has 0 spiro atoms. The van der Waals surface area contributed by atoms with Crippen molar-refractivity contribution in [2.45, 2.75) is 45.2 Å². The van der Waals surface area contributed by atoms with E-state index in [0.717, 1.165) is 38.3 Å². The van der Waals surface area contributed by atoms with Gasteiger partial charge in [-0.15, -0.1) is 10.2 Å². The molecule has 0 unspecified atom stereocenters. The molecular formula is C13H20N4O. The Balaban J connectivity index is 1.56. The molecule has 1 aliphatic heterocycles. The van der Waals surface area contributed by atoms with Crippen LogP contribution >= 0.6 is 0 Å². The number of Topliss-reactive ketones (excluding diaryl/α,β-unsaturated/α-hetero) is 1. The van der Waals surface area contributed by atoms with Gasteiger partial charge in [-0.1, -0.05) is 19.3 Å². The molecule has 0 bridgehead atoms. The molecule has 1 aliphatic carbocycles. The van der Waals surface area contributed by atoms with Crippen LogP contribution in [0.2, 0.25) is 0 Å². The molecule has 1 aromatic rings. The number of carbonyl (C=O) groups is 1. The van der Waals surface area contributed by atoms with Crippen LogP contribution in [0.5, 0.6) is 0 Å². The van der Waals surface area contributed by atoms with Crippen LogP contribution in [0.25, 0.3) is 0 Å². The topological polar surface area (TPSA) is 51.0 Å². The molecule has 1 aromatic heterocycles. The Labute approximate surface area is 107 Å². The van der Waals surface area contributed by atoms with Crippen LogP contribution < -0.4 is 0 Å². The summed E-state index contributed by atoms with van der Waals surface area (Å²) in [5.41, 5.74) is 0. The molecule has 1 saturated carbocycles. The SMILES string of the molecule is O=C(CN1CCn2cnnc2C1)C1CCCCC1. The van der Waals surface area contributed by atoms with Gasteiger partial charge in [0.05, 0.1) is 13.1 Å². The first kappa shape index (κ1) is 11.8. The summed E-state index contributed by atoms with van der Waals surface area (Å²) in [6.07, 6.45) is 7.73. The summed E-state index contributed by atoms with van der Waals surface area (Å²) < 4.78 is 2.07. The number of nitrogens with zero attached hydrogens (tertiary/aromatic N) is 4. The molecule has 18 heavy (non-hydrogen) atoms. The normalized spacial score (nSPS) is 21.8. The number of aromatic nitrogens is 3. The van der Waals surface area contributed by atoms with E-state index in [1.807, 2.05) is 0 Å². The quantitative estimate of drug-likeness (QED) is 0.807. The van der Waals surface area contributed by atoms with E-state index >= 15 is 0 Å². The van der Waals surface area contributed by atoms with E-state index in [9.17, 15) is 4.79 Å². The number of fused-ring (bicyclic) bond motifs is 1. The first-order valence-electron chi connectivity index (χ1n) is 6.94. The zero-order chi connectivity index (χ0) is 12.4. The van der Waals surface area contributed by atoms with Crippen LogP contribution in [-0.4, -0.2) is 38.5 Å². The number of hydrogen-bond acceptors (Lipinski definition) is 4. The van der Waals surface area contributed by atoms with Crippen molar-refractivity contribution in [3.8, 4) is 0 Å². The zero-order valence-corrected chi connectivity index (χ0v) is 10.7. The van der Waals surface area contributed by atoms with Gasteiger partial charge in [-0.2, -0.15) is 0 Å². The summed E-state index contributed by atoms with van der Waals surface area (Å²) in [5, 5.41) is 8.00. The molecule has 0 amide bonds. The molecule has 0 N–H and O–H groups in total. The summed E-state index contributed by atoms with van der Waals surface area (Å²) in [6, 6.07) is 0. The monoisotopic (exact) mass is 248 g/mol. The Kier molecular flexibility index (Phi) is 3.41. The first-order valence-corrected chi connectivity index (χ1v) is 6.94. The molecule has 3 rings (SSSR count). The van der Waals surface area contributed by atoms with E-state index in [4.69, 9.17) is 0 Å². The molecule has 0 atom stereocenters. The molecule has 2 aliphatic rings.